The summed E-state index contributed by atoms with van der Waals surface area (Å²) in [5.41, 5.74) is 4.52. The number of aromatic nitrogens is 2. The van der Waals surface area contributed by atoms with Crippen molar-refractivity contribution in [3.05, 3.63) is 107 Å². The van der Waals surface area contributed by atoms with E-state index in [0.29, 0.717) is 22.4 Å². The van der Waals surface area contributed by atoms with Gasteiger partial charge >= 0.3 is 0 Å². The molecule has 0 atom stereocenters. The number of hydrogen-bond acceptors (Lipinski definition) is 5. The summed E-state index contributed by atoms with van der Waals surface area (Å²) in [6.45, 7) is 3.27. The van der Waals surface area contributed by atoms with Crippen LogP contribution in [0.15, 0.2) is 96.0 Å². The largest absolute Gasteiger partial charge is 0.494 e. The normalized spacial score (nSPS) is 14.5. The molecule has 0 N–H and O–H groups in total. The van der Waals surface area contributed by atoms with Gasteiger partial charge < -0.3 is 4.74 Å². The summed E-state index contributed by atoms with van der Waals surface area (Å²) in [7, 11) is 0. The van der Waals surface area contributed by atoms with E-state index in [4.69, 9.17) is 22.1 Å². The lowest BCUT2D eigenvalue weighted by atomic mass is 10.1. The third-order valence-electron chi connectivity index (χ3n) is 5.98. The summed E-state index contributed by atoms with van der Waals surface area (Å²) in [6, 6.07) is 27.8. The molecule has 37 heavy (non-hydrogen) atoms. The zero-order valence-electron chi connectivity index (χ0n) is 20.5. The maximum Gasteiger partial charge on any atom is 0.266 e. The Hall–Kier alpha value is -3.68. The van der Waals surface area contributed by atoms with E-state index >= 15 is 0 Å². The number of thioether (sulfide) groups is 1. The fourth-order valence-corrected chi connectivity index (χ4v) is 5.29. The number of hydrogen-bond donors (Lipinski definition) is 0. The lowest BCUT2D eigenvalue weighted by Gasteiger charge is -2.14. The highest BCUT2D eigenvalue weighted by molar-refractivity contribution is 8.26. The Balaban J connectivity index is 1.50. The molecule has 5 rings (SSSR count). The van der Waals surface area contributed by atoms with Gasteiger partial charge in [-0.05, 0) is 42.3 Å². The highest BCUT2D eigenvalue weighted by Gasteiger charge is 2.32. The first-order valence-electron chi connectivity index (χ1n) is 12.3. The van der Waals surface area contributed by atoms with Gasteiger partial charge in [0.15, 0.2) is 0 Å². The molecule has 1 amide bonds. The molecule has 4 aromatic rings. The van der Waals surface area contributed by atoms with E-state index in [2.05, 4.69) is 6.92 Å². The molecular weight excluding hydrogens is 498 g/mol. The van der Waals surface area contributed by atoms with Crippen LogP contribution < -0.4 is 4.74 Å². The number of para-hydroxylation sites is 1. The van der Waals surface area contributed by atoms with Crippen LogP contribution >= 0.6 is 24.0 Å². The van der Waals surface area contributed by atoms with Crippen LogP contribution in [0.5, 0.6) is 5.75 Å². The van der Waals surface area contributed by atoms with Gasteiger partial charge in [0, 0.05) is 17.3 Å². The van der Waals surface area contributed by atoms with Crippen LogP contribution in [0.1, 0.15) is 30.9 Å². The quantitative estimate of drug-likeness (QED) is 0.132. The van der Waals surface area contributed by atoms with Gasteiger partial charge in [-0.2, -0.15) is 5.10 Å². The summed E-state index contributed by atoms with van der Waals surface area (Å²) in [6.07, 6.45) is 5.94. The third-order valence-corrected chi connectivity index (χ3v) is 7.36. The van der Waals surface area contributed by atoms with Crippen molar-refractivity contribution in [1.29, 1.82) is 0 Å². The second-order valence-corrected chi connectivity index (χ2v) is 10.4. The minimum absolute atomic E-state index is 0.0890. The molecule has 1 saturated heterocycles. The van der Waals surface area contributed by atoms with Gasteiger partial charge in [-0.25, -0.2) is 4.68 Å². The van der Waals surface area contributed by atoms with Crippen LogP contribution in [0.25, 0.3) is 23.0 Å². The number of thiocarbonyl (C=S) groups is 1. The molecule has 5 nitrogen and oxygen atoms in total. The first kappa shape index (κ1) is 25.0. The minimum atomic E-state index is -0.0890. The summed E-state index contributed by atoms with van der Waals surface area (Å²) in [5.74, 6) is 0.717. The monoisotopic (exact) mass is 525 g/mol. The number of carbonyl (C=O) groups excluding carboxylic acids is 1. The predicted octanol–water partition coefficient (Wildman–Crippen LogP) is 7.12. The van der Waals surface area contributed by atoms with Gasteiger partial charge in [0.1, 0.15) is 15.8 Å². The second-order valence-electron chi connectivity index (χ2n) is 8.70. The first-order chi connectivity index (χ1) is 18.1. The van der Waals surface area contributed by atoms with Crippen molar-refractivity contribution in [3.8, 4) is 22.7 Å². The second kappa shape index (κ2) is 11.6. The molecule has 1 aliphatic heterocycles. The van der Waals surface area contributed by atoms with Crippen LogP contribution in [-0.2, 0) is 11.3 Å². The van der Waals surface area contributed by atoms with E-state index in [1.54, 1.807) is 4.90 Å². The Morgan fingerprint density at radius 3 is 2.51 bits per heavy atom. The molecule has 7 heteroatoms. The number of unbranched alkanes of at least 4 members (excludes halogenated alkanes) is 1. The highest BCUT2D eigenvalue weighted by Crippen LogP contribution is 2.36. The summed E-state index contributed by atoms with van der Waals surface area (Å²) in [5, 5.41) is 4.91. The maximum atomic E-state index is 13.4. The topological polar surface area (TPSA) is 47.4 Å². The Kier molecular flexibility index (Phi) is 7.82. The molecular formula is C30H27N3O2S2. The van der Waals surface area contributed by atoms with Crippen molar-refractivity contribution in [2.45, 2.75) is 26.3 Å². The molecule has 186 valence electrons. The summed E-state index contributed by atoms with van der Waals surface area (Å²) < 4.78 is 8.35. The number of amides is 1. The van der Waals surface area contributed by atoms with Gasteiger partial charge in [-0.1, -0.05) is 98.0 Å². The van der Waals surface area contributed by atoms with Crippen molar-refractivity contribution in [2.75, 3.05) is 6.61 Å². The van der Waals surface area contributed by atoms with E-state index in [1.165, 1.54) is 11.8 Å². The van der Waals surface area contributed by atoms with Crippen molar-refractivity contribution < 1.29 is 9.53 Å². The molecule has 1 aromatic heterocycles. The predicted molar refractivity (Wildman–Crippen MR) is 155 cm³/mol. The molecule has 0 spiro atoms. The van der Waals surface area contributed by atoms with Gasteiger partial charge in [-0.3, -0.25) is 9.69 Å². The van der Waals surface area contributed by atoms with Crippen molar-refractivity contribution >= 4 is 40.3 Å². The Morgan fingerprint density at radius 1 is 1.00 bits per heavy atom. The first-order valence-corrected chi connectivity index (χ1v) is 13.5. The van der Waals surface area contributed by atoms with Gasteiger partial charge in [0.05, 0.1) is 23.7 Å². The SMILES string of the molecule is CCCCOc1cccc(-c2nn(-c3ccccc3)cc2/C=C2\SC(=S)N(Cc3ccccc3)C2=O)c1. The Bertz CT molecular complexity index is 1430. The Labute approximate surface area is 226 Å². The van der Waals surface area contributed by atoms with Crippen LogP contribution in [0.3, 0.4) is 0 Å². The molecule has 2 heterocycles. The fourth-order valence-electron chi connectivity index (χ4n) is 4.04. The maximum absolute atomic E-state index is 13.4. The van der Waals surface area contributed by atoms with E-state index in [9.17, 15) is 4.79 Å². The zero-order valence-corrected chi connectivity index (χ0v) is 22.2. The molecule has 0 bridgehead atoms. The summed E-state index contributed by atoms with van der Waals surface area (Å²) in [4.78, 5) is 15.6. The van der Waals surface area contributed by atoms with Crippen molar-refractivity contribution in [2.24, 2.45) is 0 Å². The fraction of sp³-hybridized carbons (Fsp3) is 0.167. The van der Waals surface area contributed by atoms with Crippen LogP contribution in [0.4, 0.5) is 0 Å². The van der Waals surface area contributed by atoms with Gasteiger partial charge in [-0.15, -0.1) is 0 Å². The Morgan fingerprint density at radius 2 is 1.76 bits per heavy atom. The lowest BCUT2D eigenvalue weighted by Crippen LogP contribution is -2.27. The summed E-state index contributed by atoms with van der Waals surface area (Å²) >= 11 is 6.90. The smallest absolute Gasteiger partial charge is 0.266 e. The van der Waals surface area contributed by atoms with Crippen LogP contribution in [0, 0.1) is 0 Å². The zero-order chi connectivity index (χ0) is 25.6. The molecule has 0 saturated carbocycles. The van der Waals surface area contributed by atoms with Crippen LogP contribution in [0.2, 0.25) is 0 Å². The molecule has 0 unspecified atom stereocenters. The lowest BCUT2D eigenvalue weighted by molar-refractivity contribution is -0.122. The van der Waals surface area contributed by atoms with E-state index in [1.807, 2.05) is 102 Å². The number of carbonyl (C=O) groups is 1. The van der Waals surface area contributed by atoms with Gasteiger partial charge in [0.2, 0.25) is 0 Å². The number of benzene rings is 3. The van der Waals surface area contributed by atoms with E-state index in [-0.39, 0.29) is 5.91 Å². The van der Waals surface area contributed by atoms with E-state index in [0.717, 1.165) is 46.7 Å². The average molecular weight is 526 g/mol. The van der Waals surface area contributed by atoms with Crippen molar-refractivity contribution in [3.63, 3.8) is 0 Å². The molecule has 1 aliphatic rings. The van der Waals surface area contributed by atoms with Crippen LogP contribution in [-0.4, -0.2) is 31.5 Å². The van der Waals surface area contributed by atoms with E-state index < -0.39 is 0 Å². The number of rotatable bonds is 9. The molecule has 0 aliphatic carbocycles. The molecule has 0 radical (unpaired) electrons. The standard InChI is InChI=1S/C30H27N3O2S2/c1-2-3-17-35-26-16-10-13-23(18-26)28-24(21-33(31-28)25-14-8-5-9-15-25)19-27-29(34)32(30(36)37-27)20-22-11-6-4-7-12-22/h4-16,18-19,21H,2-3,17,20H2,1H3/b27-19-. The molecule has 1 fully saturated rings. The van der Waals surface area contributed by atoms with Crippen molar-refractivity contribution in [1.82, 2.24) is 14.7 Å². The number of nitrogens with zero attached hydrogens (tertiary/aromatic N) is 3. The van der Waals surface area contributed by atoms with Gasteiger partial charge in [0.25, 0.3) is 5.91 Å². The molecule has 3 aromatic carbocycles. The average Bonchev–Trinajstić information content (AvgIpc) is 3.47. The minimum Gasteiger partial charge on any atom is -0.494 e. The highest BCUT2D eigenvalue weighted by atomic mass is 32.2. The third kappa shape index (κ3) is 5.84. The number of ether oxygens (including phenoxy) is 1.